The molecule has 104 valence electrons. The molecule has 5 heteroatoms. The van der Waals surface area contributed by atoms with Gasteiger partial charge < -0.3 is 11.1 Å². The zero-order chi connectivity index (χ0) is 13.8. The molecule has 3 N–H and O–H groups in total. The van der Waals surface area contributed by atoms with E-state index < -0.39 is 0 Å². The highest BCUT2D eigenvalue weighted by Crippen LogP contribution is 2.25. The summed E-state index contributed by atoms with van der Waals surface area (Å²) in [6.07, 6.45) is 4.90. The van der Waals surface area contributed by atoms with E-state index in [0.717, 1.165) is 0 Å². The van der Waals surface area contributed by atoms with Gasteiger partial charge in [-0.2, -0.15) is 0 Å². The Morgan fingerprint density at radius 1 is 1.47 bits per heavy atom. The van der Waals surface area contributed by atoms with Crippen LogP contribution in [0.2, 0.25) is 5.02 Å². The van der Waals surface area contributed by atoms with Crippen LogP contribution in [0.5, 0.6) is 0 Å². The monoisotopic (exact) mass is 281 g/mol. The second-order valence-corrected chi connectivity index (χ2v) is 5.55. The average molecular weight is 282 g/mol. The smallest absolute Gasteiger partial charge is 0.238 e. The summed E-state index contributed by atoms with van der Waals surface area (Å²) in [4.78, 5) is 14.1. The number of halogens is 1. The van der Waals surface area contributed by atoms with Crippen molar-refractivity contribution in [3.63, 3.8) is 0 Å². The standard InChI is InChI=1S/C14H20ClN3O/c1-18(11-4-2-3-5-11)9-14(19)17-13-7-6-10(16)8-12(13)15/h6-8,11H,2-5,9,16H2,1H3,(H,17,19). The van der Waals surface area contributed by atoms with Gasteiger partial charge in [0, 0.05) is 11.7 Å². The Hall–Kier alpha value is -1.26. The fraction of sp³-hybridized carbons (Fsp3) is 0.500. The molecule has 0 aliphatic heterocycles. The van der Waals surface area contributed by atoms with Crippen LogP contribution in [0.4, 0.5) is 11.4 Å². The quantitative estimate of drug-likeness (QED) is 0.835. The summed E-state index contributed by atoms with van der Waals surface area (Å²) in [5, 5.41) is 3.29. The van der Waals surface area contributed by atoms with Crippen molar-refractivity contribution in [2.24, 2.45) is 0 Å². The van der Waals surface area contributed by atoms with Crippen LogP contribution in [0, 0.1) is 0 Å². The van der Waals surface area contributed by atoms with Gasteiger partial charge in [0.05, 0.1) is 17.3 Å². The lowest BCUT2D eigenvalue weighted by Crippen LogP contribution is -2.36. The van der Waals surface area contributed by atoms with Crippen LogP contribution >= 0.6 is 11.6 Å². The Labute approximate surface area is 118 Å². The van der Waals surface area contributed by atoms with Gasteiger partial charge in [-0.25, -0.2) is 0 Å². The number of amides is 1. The van der Waals surface area contributed by atoms with E-state index in [1.807, 2.05) is 7.05 Å². The third-order valence-corrected chi connectivity index (χ3v) is 3.92. The maximum Gasteiger partial charge on any atom is 0.238 e. The summed E-state index contributed by atoms with van der Waals surface area (Å²) >= 11 is 6.03. The first-order valence-corrected chi connectivity index (χ1v) is 6.99. The zero-order valence-electron chi connectivity index (χ0n) is 11.2. The zero-order valence-corrected chi connectivity index (χ0v) is 11.9. The van der Waals surface area contributed by atoms with E-state index in [-0.39, 0.29) is 5.91 Å². The number of likely N-dealkylation sites (N-methyl/N-ethyl adjacent to an activating group) is 1. The molecule has 0 radical (unpaired) electrons. The SMILES string of the molecule is CN(CC(=O)Nc1ccc(N)cc1Cl)C1CCCC1. The highest BCUT2D eigenvalue weighted by Gasteiger charge is 2.21. The second-order valence-electron chi connectivity index (χ2n) is 5.14. The molecular formula is C14H20ClN3O. The predicted octanol–water partition coefficient (Wildman–Crippen LogP) is 2.74. The van der Waals surface area contributed by atoms with Crippen molar-refractivity contribution >= 4 is 28.9 Å². The van der Waals surface area contributed by atoms with Crippen molar-refractivity contribution in [1.29, 1.82) is 0 Å². The maximum atomic E-state index is 12.0. The maximum absolute atomic E-state index is 12.0. The Bertz CT molecular complexity index is 458. The van der Waals surface area contributed by atoms with Gasteiger partial charge in [-0.3, -0.25) is 9.69 Å². The van der Waals surface area contributed by atoms with Crippen molar-refractivity contribution in [3.05, 3.63) is 23.2 Å². The fourth-order valence-electron chi connectivity index (χ4n) is 2.52. The fourth-order valence-corrected chi connectivity index (χ4v) is 2.76. The van der Waals surface area contributed by atoms with Gasteiger partial charge in [0.1, 0.15) is 0 Å². The molecule has 2 rings (SSSR count). The Morgan fingerprint density at radius 2 is 2.16 bits per heavy atom. The van der Waals surface area contributed by atoms with Crippen LogP contribution < -0.4 is 11.1 Å². The first kappa shape index (κ1) is 14.2. The number of benzene rings is 1. The van der Waals surface area contributed by atoms with Gasteiger partial charge in [-0.15, -0.1) is 0 Å². The average Bonchev–Trinajstić information content (AvgIpc) is 2.86. The molecule has 4 nitrogen and oxygen atoms in total. The van der Waals surface area contributed by atoms with E-state index in [4.69, 9.17) is 17.3 Å². The van der Waals surface area contributed by atoms with Crippen LogP contribution in [-0.4, -0.2) is 30.4 Å². The molecular weight excluding hydrogens is 262 g/mol. The van der Waals surface area contributed by atoms with Gasteiger partial charge in [0.15, 0.2) is 0 Å². The van der Waals surface area contributed by atoms with E-state index in [1.165, 1.54) is 25.7 Å². The van der Waals surface area contributed by atoms with Crippen molar-refractivity contribution in [1.82, 2.24) is 4.90 Å². The molecule has 1 aromatic carbocycles. The summed E-state index contributed by atoms with van der Waals surface area (Å²) < 4.78 is 0. The van der Waals surface area contributed by atoms with Gasteiger partial charge in [0.25, 0.3) is 0 Å². The molecule has 1 saturated carbocycles. The normalized spacial score (nSPS) is 15.9. The van der Waals surface area contributed by atoms with E-state index in [1.54, 1.807) is 18.2 Å². The van der Waals surface area contributed by atoms with Gasteiger partial charge in [-0.1, -0.05) is 24.4 Å². The molecule has 0 spiro atoms. The summed E-state index contributed by atoms with van der Waals surface area (Å²) in [7, 11) is 2.00. The topological polar surface area (TPSA) is 58.4 Å². The first-order chi connectivity index (χ1) is 9.06. The number of nitrogens with two attached hydrogens (primary N) is 1. The molecule has 0 heterocycles. The van der Waals surface area contributed by atoms with Crippen LogP contribution in [0.15, 0.2) is 18.2 Å². The number of carbonyl (C=O) groups excluding carboxylic acids is 1. The molecule has 0 aromatic heterocycles. The molecule has 0 saturated heterocycles. The van der Waals surface area contributed by atoms with Crippen molar-refractivity contribution in [2.75, 3.05) is 24.6 Å². The molecule has 0 atom stereocenters. The van der Waals surface area contributed by atoms with Gasteiger partial charge in [-0.05, 0) is 38.1 Å². The molecule has 0 bridgehead atoms. The molecule has 1 aliphatic rings. The lowest BCUT2D eigenvalue weighted by Gasteiger charge is -2.23. The summed E-state index contributed by atoms with van der Waals surface area (Å²) in [6.45, 7) is 0.394. The first-order valence-electron chi connectivity index (χ1n) is 6.61. The third-order valence-electron chi connectivity index (χ3n) is 3.61. The molecule has 19 heavy (non-hydrogen) atoms. The Balaban J connectivity index is 1.89. The minimum atomic E-state index is -0.0407. The lowest BCUT2D eigenvalue weighted by atomic mass is 10.2. The van der Waals surface area contributed by atoms with Crippen LogP contribution in [0.3, 0.4) is 0 Å². The summed E-state index contributed by atoms with van der Waals surface area (Å²) in [5.74, 6) is -0.0407. The molecule has 1 aromatic rings. The second kappa shape index (κ2) is 6.26. The number of nitrogens with one attached hydrogen (secondary N) is 1. The van der Waals surface area contributed by atoms with Crippen LogP contribution in [-0.2, 0) is 4.79 Å². The minimum Gasteiger partial charge on any atom is -0.399 e. The number of rotatable bonds is 4. The van der Waals surface area contributed by atoms with Crippen molar-refractivity contribution < 1.29 is 4.79 Å². The summed E-state index contributed by atoms with van der Waals surface area (Å²) in [6, 6.07) is 5.62. The number of nitrogen functional groups attached to an aromatic ring is 1. The predicted molar refractivity (Wildman–Crippen MR) is 79.4 cm³/mol. The number of hydrogen-bond donors (Lipinski definition) is 2. The summed E-state index contributed by atoms with van der Waals surface area (Å²) in [5.41, 5.74) is 6.82. The van der Waals surface area contributed by atoms with Crippen LogP contribution in [0.1, 0.15) is 25.7 Å². The van der Waals surface area contributed by atoms with Gasteiger partial charge in [0.2, 0.25) is 5.91 Å². The van der Waals surface area contributed by atoms with E-state index in [9.17, 15) is 4.79 Å². The van der Waals surface area contributed by atoms with Crippen molar-refractivity contribution in [2.45, 2.75) is 31.7 Å². The van der Waals surface area contributed by atoms with E-state index >= 15 is 0 Å². The minimum absolute atomic E-state index is 0.0407. The molecule has 1 fully saturated rings. The molecule has 1 amide bonds. The Morgan fingerprint density at radius 3 is 2.79 bits per heavy atom. The van der Waals surface area contributed by atoms with Crippen LogP contribution in [0.25, 0.3) is 0 Å². The third kappa shape index (κ3) is 3.85. The molecule has 0 unspecified atom stereocenters. The highest BCUT2D eigenvalue weighted by molar-refractivity contribution is 6.34. The van der Waals surface area contributed by atoms with E-state index in [0.29, 0.717) is 29.0 Å². The number of carbonyl (C=O) groups is 1. The largest absolute Gasteiger partial charge is 0.399 e. The lowest BCUT2D eigenvalue weighted by molar-refractivity contribution is -0.117. The highest BCUT2D eigenvalue weighted by atomic mass is 35.5. The van der Waals surface area contributed by atoms with Gasteiger partial charge >= 0.3 is 0 Å². The number of nitrogens with zero attached hydrogens (tertiary/aromatic N) is 1. The van der Waals surface area contributed by atoms with Crippen molar-refractivity contribution in [3.8, 4) is 0 Å². The molecule has 1 aliphatic carbocycles. The van der Waals surface area contributed by atoms with E-state index in [2.05, 4.69) is 10.2 Å². The Kier molecular flexibility index (Phi) is 4.66. The number of hydrogen-bond acceptors (Lipinski definition) is 3. The number of anilines is 2.